The molecule has 1 saturated heterocycles. The Morgan fingerprint density at radius 2 is 1.15 bits per heavy atom. The van der Waals surface area contributed by atoms with Gasteiger partial charge in [-0.2, -0.15) is 5.01 Å². The summed E-state index contributed by atoms with van der Waals surface area (Å²) >= 11 is 0. The Bertz CT molecular complexity index is 1150. The first-order chi connectivity index (χ1) is 16.0. The summed E-state index contributed by atoms with van der Waals surface area (Å²) in [5, 5.41) is 10.2. The third-order valence-electron chi connectivity index (χ3n) is 6.44. The third kappa shape index (κ3) is 3.69. The number of nitrogens with zero attached hydrogens (tertiary/aromatic N) is 1. The number of aromatic carboxylic acids is 1. The van der Waals surface area contributed by atoms with Gasteiger partial charge in [-0.1, -0.05) is 72.8 Å². The summed E-state index contributed by atoms with van der Waals surface area (Å²) in [5.74, 6) is -3.12. The van der Waals surface area contributed by atoms with Crippen molar-refractivity contribution < 1.29 is 19.5 Å². The van der Waals surface area contributed by atoms with Crippen LogP contribution in [0.15, 0.2) is 97.1 Å². The molecule has 5 rings (SSSR count). The molecule has 2 N–H and O–H groups in total. The highest BCUT2D eigenvalue weighted by molar-refractivity contribution is 6.07. The predicted molar refractivity (Wildman–Crippen MR) is 123 cm³/mol. The lowest BCUT2D eigenvalue weighted by Gasteiger charge is -2.32. The Morgan fingerprint density at radius 3 is 1.58 bits per heavy atom. The van der Waals surface area contributed by atoms with E-state index in [1.807, 2.05) is 72.8 Å². The highest BCUT2D eigenvalue weighted by Crippen LogP contribution is 2.49. The maximum absolute atomic E-state index is 13.6. The third-order valence-corrected chi connectivity index (χ3v) is 6.44. The van der Waals surface area contributed by atoms with Gasteiger partial charge in [0.15, 0.2) is 0 Å². The number of hydrogen-bond acceptors (Lipinski definition) is 4. The smallest absolute Gasteiger partial charge is 0.335 e. The molecule has 6 heteroatoms. The van der Waals surface area contributed by atoms with Gasteiger partial charge >= 0.3 is 5.97 Å². The monoisotopic (exact) mass is 438 g/mol. The van der Waals surface area contributed by atoms with Crippen LogP contribution in [-0.2, 0) is 9.59 Å². The average Bonchev–Trinajstić information content (AvgIpc) is 3.10. The molecule has 0 unspecified atom stereocenters. The van der Waals surface area contributed by atoms with Crippen LogP contribution in [0, 0.1) is 11.8 Å². The average molecular weight is 438 g/mol. The fraction of sp³-hybridized carbons (Fsp3) is 0.148. The van der Waals surface area contributed by atoms with E-state index in [-0.39, 0.29) is 29.2 Å². The number of amides is 2. The minimum Gasteiger partial charge on any atom is -0.478 e. The van der Waals surface area contributed by atoms with Crippen LogP contribution in [0.3, 0.4) is 0 Å². The zero-order chi connectivity index (χ0) is 22.9. The highest BCUT2D eigenvalue weighted by atomic mass is 16.4. The molecule has 1 aliphatic carbocycles. The van der Waals surface area contributed by atoms with Gasteiger partial charge < -0.3 is 5.11 Å². The van der Waals surface area contributed by atoms with Crippen LogP contribution in [0.4, 0.5) is 5.69 Å². The molecule has 1 heterocycles. The quantitative estimate of drug-likeness (QED) is 0.454. The van der Waals surface area contributed by atoms with Crippen molar-refractivity contribution in [2.24, 2.45) is 11.8 Å². The standard InChI is InChI=1S/C27H22N2O4/c30-25-23-21(17-7-3-1-4-8-17)15-16-22(18-9-5-2-6-10-18)24(23)26(31)29(25)28-20-13-11-19(12-14-20)27(32)33/h1-16,21-24,28H,(H,32,33)/t21-,22+,23-,24-/m0/s1. The highest BCUT2D eigenvalue weighted by Gasteiger charge is 2.55. The van der Waals surface area contributed by atoms with E-state index in [0.29, 0.717) is 5.69 Å². The summed E-state index contributed by atoms with van der Waals surface area (Å²) in [7, 11) is 0. The number of carboxylic acid groups (broad SMARTS) is 1. The van der Waals surface area contributed by atoms with E-state index in [4.69, 9.17) is 5.11 Å². The minimum atomic E-state index is -1.04. The van der Waals surface area contributed by atoms with Gasteiger partial charge in [-0.25, -0.2) is 4.79 Å². The number of carbonyl (C=O) groups excluding carboxylic acids is 2. The Kier molecular flexibility index (Phi) is 5.26. The molecule has 2 aliphatic rings. The second kappa shape index (κ2) is 8.39. The summed E-state index contributed by atoms with van der Waals surface area (Å²) in [6.07, 6.45) is 4.09. The first-order valence-electron chi connectivity index (χ1n) is 10.8. The van der Waals surface area contributed by atoms with Gasteiger partial charge in [0.25, 0.3) is 11.8 Å². The van der Waals surface area contributed by atoms with Crippen LogP contribution in [-0.4, -0.2) is 27.9 Å². The van der Waals surface area contributed by atoms with Crippen molar-refractivity contribution in [2.75, 3.05) is 5.43 Å². The number of nitrogens with one attached hydrogen (secondary N) is 1. The summed E-state index contributed by atoms with van der Waals surface area (Å²) in [6, 6.07) is 25.5. The first kappa shape index (κ1) is 20.7. The number of anilines is 1. The number of imide groups is 1. The van der Waals surface area contributed by atoms with Crippen molar-refractivity contribution in [1.29, 1.82) is 0 Å². The largest absolute Gasteiger partial charge is 0.478 e. The van der Waals surface area contributed by atoms with Crippen LogP contribution >= 0.6 is 0 Å². The SMILES string of the molecule is O=C(O)c1ccc(NN2C(=O)[C@@H]3[C@@H](C2=O)[C@H](c2ccccc2)C=C[C@@H]3c2ccccc2)cc1. The summed E-state index contributed by atoms with van der Waals surface area (Å²) < 4.78 is 0. The summed E-state index contributed by atoms with van der Waals surface area (Å²) in [4.78, 5) is 38.3. The molecule has 0 bridgehead atoms. The number of carbonyl (C=O) groups is 3. The molecule has 1 fully saturated rings. The molecule has 2 amide bonds. The van der Waals surface area contributed by atoms with E-state index >= 15 is 0 Å². The molecule has 1 aliphatic heterocycles. The van der Waals surface area contributed by atoms with E-state index in [1.165, 1.54) is 12.1 Å². The maximum Gasteiger partial charge on any atom is 0.335 e. The lowest BCUT2D eigenvalue weighted by molar-refractivity contribution is -0.138. The Labute approximate surface area is 191 Å². The topological polar surface area (TPSA) is 86.7 Å². The summed E-state index contributed by atoms with van der Waals surface area (Å²) in [5.41, 5.74) is 5.50. The second-order valence-corrected chi connectivity index (χ2v) is 8.32. The van der Waals surface area contributed by atoms with Crippen LogP contribution in [0.25, 0.3) is 0 Å². The minimum absolute atomic E-state index is 0.130. The summed E-state index contributed by atoms with van der Waals surface area (Å²) in [6.45, 7) is 0. The van der Waals surface area contributed by atoms with Gasteiger partial charge in [0, 0.05) is 11.8 Å². The molecule has 0 saturated carbocycles. The van der Waals surface area contributed by atoms with Gasteiger partial charge in [-0.3, -0.25) is 15.0 Å². The zero-order valence-electron chi connectivity index (χ0n) is 17.7. The van der Waals surface area contributed by atoms with Gasteiger partial charge in [0.05, 0.1) is 23.1 Å². The molecule has 0 spiro atoms. The van der Waals surface area contributed by atoms with Gasteiger partial charge in [-0.05, 0) is 35.4 Å². The molecule has 0 aromatic heterocycles. The van der Waals surface area contributed by atoms with Gasteiger partial charge in [-0.15, -0.1) is 0 Å². The van der Waals surface area contributed by atoms with Crippen LogP contribution in [0.2, 0.25) is 0 Å². The van der Waals surface area contributed by atoms with Crippen LogP contribution in [0.1, 0.15) is 33.3 Å². The van der Waals surface area contributed by atoms with E-state index < -0.39 is 17.8 Å². The normalized spacial score (nSPS) is 23.9. The number of hydrazine groups is 1. The van der Waals surface area contributed by atoms with Crippen LogP contribution < -0.4 is 5.43 Å². The maximum atomic E-state index is 13.6. The lowest BCUT2D eigenvalue weighted by Crippen LogP contribution is -2.37. The molecular formula is C27H22N2O4. The van der Waals surface area contributed by atoms with Crippen molar-refractivity contribution in [2.45, 2.75) is 11.8 Å². The lowest BCUT2D eigenvalue weighted by atomic mass is 9.68. The fourth-order valence-electron chi connectivity index (χ4n) is 4.86. The zero-order valence-corrected chi connectivity index (χ0v) is 17.7. The number of carboxylic acids is 1. The van der Waals surface area contributed by atoms with E-state index in [0.717, 1.165) is 16.1 Å². The number of fused-ring (bicyclic) bond motifs is 1. The molecule has 6 nitrogen and oxygen atoms in total. The molecular weight excluding hydrogens is 416 g/mol. The molecule has 3 aromatic carbocycles. The van der Waals surface area contributed by atoms with E-state index in [2.05, 4.69) is 5.43 Å². The number of rotatable bonds is 5. The fourth-order valence-corrected chi connectivity index (χ4v) is 4.86. The van der Waals surface area contributed by atoms with Gasteiger partial charge in [0.2, 0.25) is 0 Å². The van der Waals surface area contributed by atoms with Crippen molar-refractivity contribution in [3.05, 3.63) is 114 Å². The molecule has 0 radical (unpaired) electrons. The van der Waals surface area contributed by atoms with Crippen molar-refractivity contribution in [1.82, 2.24) is 5.01 Å². The molecule has 33 heavy (non-hydrogen) atoms. The number of hydrogen-bond donors (Lipinski definition) is 2. The van der Waals surface area contributed by atoms with Crippen molar-refractivity contribution in [3.8, 4) is 0 Å². The molecule has 3 aromatic rings. The number of allylic oxidation sites excluding steroid dienone is 2. The predicted octanol–water partition coefficient (Wildman–Crippen LogP) is 4.45. The Hall–Kier alpha value is -4.19. The van der Waals surface area contributed by atoms with Gasteiger partial charge in [0.1, 0.15) is 0 Å². The van der Waals surface area contributed by atoms with Crippen LogP contribution in [0.5, 0.6) is 0 Å². The van der Waals surface area contributed by atoms with Crippen molar-refractivity contribution >= 4 is 23.5 Å². The molecule has 4 atom stereocenters. The Morgan fingerprint density at radius 1 is 0.697 bits per heavy atom. The van der Waals surface area contributed by atoms with Crippen molar-refractivity contribution in [3.63, 3.8) is 0 Å². The van der Waals surface area contributed by atoms with E-state index in [9.17, 15) is 14.4 Å². The first-order valence-corrected chi connectivity index (χ1v) is 10.8. The van der Waals surface area contributed by atoms with E-state index in [1.54, 1.807) is 12.1 Å². The molecule has 164 valence electrons. The second-order valence-electron chi connectivity index (χ2n) is 8.32. The Balaban J connectivity index is 1.52. The number of benzene rings is 3.